The normalized spacial score (nSPS) is 11.3. The predicted octanol–water partition coefficient (Wildman–Crippen LogP) is 1.70. The molecule has 78 valence electrons. The highest BCUT2D eigenvalue weighted by atomic mass is 35.5. The van der Waals surface area contributed by atoms with Gasteiger partial charge in [0.15, 0.2) is 0 Å². The Morgan fingerprint density at radius 3 is 2.29 bits per heavy atom. The second-order valence-corrected chi connectivity index (χ2v) is 3.13. The number of anilines is 1. The molecule has 0 saturated heterocycles. The van der Waals surface area contributed by atoms with Crippen LogP contribution in [0.15, 0.2) is 24.3 Å². The van der Waals surface area contributed by atoms with Gasteiger partial charge in [0.05, 0.1) is 0 Å². The highest BCUT2D eigenvalue weighted by molar-refractivity contribution is 5.85. The van der Waals surface area contributed by atoms with E-state index in [-0.39, 0.29) is 24.4 Å². The first-order valence-electron chi connectivity index (χ1n) is 4.22. The molecule has 3 nitrogen and oxygen atoms in total. The molecule has 0 heterocycles. The van der Waals surface area contributed by atoms with Gasteiger partial charge in [-0.05, 0) is 26.0 Å². The van der Waals surface area contributed by atoms with Crippen molar-refractivity contribution in [3.63, 3.8) is 0 Å². The van der Waals surface area contributed by atoms with Gasteiger partial charge in [-0.2, -0.15) is 0 Å². The molecule has 1 amide bonds. The summed E-state index contributed by atoms with van der Waals surface area (Å²) in [6.07, 6.45) is 0. The van der Waals surface area contributed by atoms with Gasteiger partial charge in [0, 0.05) is 5.69 Å². The summed E-state index contributed by atoms with van der Waals surface area (Å²) in [4.78, 5) is 10.7. The summed E-state index contributed by atoms with van der Waals surface area (Å²) in [5.41, 5.74) is 7.22. The monoisotopic (exact) mass is 214 g/mol. The molecule has 3 N–H and O–H groups in total. The van der Waals surface area contributed by atoms with Crippen LogP contribution in [-0.4, -0.2) is 11.9 Å². The fourth-order valence-corrected chi connectivity index (χ4v) is 0.971. The summed E-state index contributed by atoms with van der Waals surface area (Å²) < 4.78 is 0. The molecule has 14 heavy (non-hydrogen) atoms. The van der Waals surface area contributed by atoms with Crippen molar-refractivity contribution in [3.05, 3.63) is 29.8 Å². The van der Waals surface area contributed by atoms with E-state index in [2.05, 4.69) is 5.32 Å². The number of nitrogens with one attached hydrogen (secondary N) is 1. The van der Waals surface area contributed by atoms with Crippen molar-refractivity contribution in [1.29, 1.82) is 0 Å². The lowest BCUT2D eigenvalue weighted by molar-refractivity contribution is -0.118. The fraction of sp³-hybridized carbons (Fsp3) is 0.300. The maximum absolute atomic E-state index is 10.7. The van der Waals surface area contributed by atoms with Crippen LogP contribution < -0.4 is 11.1 Å². The molecule has 0 aliphatic carbocycles. The van der Waals surface area contributed by atoms with E-state index >= 15 is 0 Å². The van der Waals surface area contributed by atoms with Crippen molar-refractivity contribution < 1.29 is 4.79 Å². The van der Waals surface area contributed by atoms with Gasteiger partial charge in [-0.3, -0.25) is 4.79 Å². The molecule has 0 aliphatic heterocycles. The molecule has 4 heteroatoms. The molecular weight excluding hydrogens is 200 g/mol. The maximum Gasteiger partial charge on any atom is 0.239 e. The highest BCUT2D eigenvalue weighted by Crippen LogP contribution is 2.09. The van der Waals surface area contributed by atoms with Crippen molar-refractivity contribution in [3.8, 4) is 0 Å². The van der Waals surface area contributed by atoms with Crippen molar-refractivity contribution in [2.75, 3.05) is 5.32 Å². The van der Waals surface area contributed by atoms with Gasteiger partial charge < -0.3 is 11.1 Å². The lowest BCUT2D eigenvalue weighted by Crippen LogP contribution is -2.32. The van der Waals surface area contributed by atoms with E-state index in [4.69, 9.17) is 5.73 Å². The van der Waals surface area contributed by atoms with Crippen LogP contribution in [0.2, 0.25) is 0 Å². The molecule has 0 bridgehead atoms. The molecule has 0 aliphatic rings. The SMILES string of the molecule is Cc1ccc(N[C@H](C)C(N)=O)cc1.Cl. The Hall–Kier alpha value is -1.22. The van der Waals surface area contributed by atoms with Crippen LogP contribution in [0.4, 0.5) is 5.69 Å². The summed E-state index contributed by atoms with van der Waals surface area (Å²) in [5.74, 6) is -0.347. The first kappa shape index (κ1) is 12.8. The van der Waals surface area contributed by atoms with Crippen molar-refractivity contribution >= 4 is 24.0 Å². The molecule has 0 saturated carbocycles. The van der Waals surface area contributed by atoms with Crippen LogP contribution in [0.5, 0.6) is 0 Å². The minimum Gasteiger partial charge on any atom is -0.374 e. The van der Waals surface area contributed by atoms with Gasteiger partial charge in [-0.1, -0.05) is 17.7 Å². The first-order valence-corrected chi connectivity index (χ1v) is 4.22. The van der Waals surface area contributed by atoms with Gasteiger partial charge in [0.1, 0.15) is 6.04 Å². The highest BCUT2D eigenvalue weighted by Gasteiger charge is 2.06. The summed E-state index contributed by atoms with van der Waals surface area (Å²) in [6, 6.07) is 7.48. The van der Waals surface area contributed by atoms with E-state index in [9.17, 15) is 4.79 Å². The zero-order valence-electron chi connectivity index (χ0n) is 8.28. The van der Waals surface area contributed by atoms with Crippen LogP contribution in [0.3, 0.4) is 0 Å². The Balaban J connectivity index is 0.00000169. The molecule has 0 spiro atoms. The number of aryl methyl sites for hydroxylation is 1. The Kier molecular flexibility index (Phi) is 5.02. The Morgan fingerprint density at radius 1 is 1.36 bits per heavy atom. The minimum atomic E-state index is -0.347. The van der Waals surface area contributed by atoms with Gasteiger partial charge in [-0.15, -0.1) is 12.4 Å². The lowest BCUT2D eigenvalue weighted by Gasteiger charge is -2.11. The molecule has 0 unspecified atom stereocenters. The van der Waals surface area contributed by atoms with E-state index in [1.165, 1.54) is 5.56 Å². The average Bonchev–Trinajstić information content (AvgIpc) is 2.08. The number of hydrogen-bond donors (Lipinski definition) is 2. The third-order valence-corrected chi connectivity index (χ3v) is 1.86. The number of halogens is 1. The molecule has 1 aromatic carbocycles. The number of carbonyl (C=O) groups excluding carboxylic acids is 1. The number of primary amides is 1. The van der Waals surface area contributed by atoms with Crippen molar-refractivity contribution in [1.82, 2.24) is 0 Å². The quantitative estimate of drug-likeness (QED) is 0.805. The number of hydrogen-bond acceptors (Lipinski definition) is 2. The molecule has 1 aromatic rings. The van der Waals surface area contributed by atoms with Crippen LogP contribution >= 0.6 is 12.4 Å². The Bertz CT molecular complexity index is 297. The summed E-state index contributed by atoms with van der Waals surface area (Å²) >= 11 is 0. The van der Waals surface area contributed by atoms with Crippen LogP contribution in [-0.2, 0) is 4.79 Å². The first-order chi connectivity index (χ1) is 6.09. The Labute approximate surface area is 90.1 Å². The van der Waals surface area contributed by atoms with Crippen LogP contribution in [0.1, 0.15) is 12.5 Å². The Morgan fingerprint density at radius 2 is 1.86 bits per heavy atom. The van der Waals surface area contributed by atoms with E-state index in [1.807, 2.05) is 31.2 Å². The number of carbonyl (C=O) groups is 1. The number of rotatable bonds is 3. The molecule has 0 fully saturated rings. The molecule has 1 rings (SSSR count). The second kappa shape index (κ2) is 5.50. The van der Waals surface area contributed by atoms with Crippen molar-refractivity contribution in [2.24, 2.45) is 5.73 Å². The average molecular weight is 215 g/mol. The lowest BCUT2D eigenvalue weighted by atomic mass is 10.2. The third-order valence-electron chi connectivity index (χ3n) is 1.86. The zero-order chi connectivity index (χ0) is 9.84. The van der Waals surface area contributed by atoms with E-state index in [0.717, 1.165) is 5.69 Å². The van der Waals surface area contributed by atoms with Gasteiger partial charge >= 0.3 is 0 Å². The minimum absolute atomic E-state index is 0. The van der Waals surface area contributed by atoms with E-state index in [0.29, 0.717) is 0 Å². The molecular formula is C10H15ClN2O. The maximum atomic E-state index is 10.7. The van der Waals surface area contributed by atoms with Gasteiger partial charge in [0.25, 0.3) is 0 Å². The summed E-state index contributed by atoms with van der Waals surface area (Å²) in [6.45, 7) is 3.75. The second-order valence-electron chi connectivity index (χ2n) is 3.13. The topological polar surface area (TPSA) is 55.1 Å². The molecule has 0 aromatic heterocycles. The van der Waals surface area contributed by atoms with Crippen LogP contribution in [0, 0.1) is 6.92 Å². The van der Waals surface area contributed by atoms with E-state index in [1.54, 1.807) is 6.92 Å². The summed E-state index contributed by atoms with van der Waals surface area (Å²) in [5, 5.41) is 2.99. The van der Waals surface area contributed by atoms with Crippen molar-refractivity contribution in [2.45, 2.75) is 19.9 Å². The number of benzene rings is 1. The molecule has 1 atom stereocenters. The van der Waals surface area contributed by atoms with E-state index < -0.39 is 0 Å². The largest absolute Gasteiger partial charge is 0.374 e. The molecule has 0 radical (unpaired) electrons. The van der Waals surface area contributed by atoms with Crippen LogP contribution in [0.25, 0.3) is 0 Å². The zero-order valence-corrected chi connectivity index (χ0v) is 9.10. The predicted molar refractivity (Wildman–Crippen MR) is 60.7 cm³/mol. The summed E-state index contributed by atoms with van der Waals surface area (Å²) in [7, 11) is 0. The fourth-order valence-electron chi connectivity index (χ4n) is 0.971. The van der Waals surface area contributed by atoms with Gasteiger partial charge in [-0.25, -0.2) is 0 Å². The standard InChI is InChI=1S/C10H14N2O.ClH/c1-7-3-5-9(6-4-7)12-8(2)10(11)13;/h3-6,8,12H,1-2H3,(H2,11,13);1H/t8-;/m1./s1. The third kappa shape index (κ3) is 3.66. The smallest absolute Gasteiger partial charge is 0.239 e. The number of amides is 1. The van der Waals surface area contributed by atoms with Gasteiger partial charge in [0.2, 0.25) is 5.91 Å². The number of nitrogens with two attached hydrogens (primary N) is 1.